The lowest BCUT2D eigenvalue weighted by Gasteiger charge is -2.56. The van der Waals surface area contributed by atoms with Crippen LogP contribution >= 0.6 is 11.6 Å². The number of hydrogen-bond acceptors (Lipinski definition) is 2. The molecule has 2 aliphatic carbocycles. The maximum absolute atomic E-state index is 11.7. The third-order valence-corrected chi connectivity index (χ3v) is 6.11. The van der Waals surface area contributed by atoms with Crippen molar-refractivity contribution in [3.8, 4) is 0 Å². The van der Waals surface area contributed by atoms with Crippen molar-refractivity contribution in [1.29, 1.82) is 0 Å². The van der Waals surface area contributed by atoms with Crippen LogP contribution in [-0.2, 0) is 11.8 Å². The molecule has 3 aliphatic rings. The van der Waals surface area contributed by atoms with Crippen molar-refractivity contribution in [3.05, 3.63) is 34.9 Å². The topological polar surface area (TPSA) is 29.1 Å². The zero-order chi connectivity index (χ0) is 13.7. The Kier molecular flexibility index (Phi) is 2.94. The Labute approximate surface area is 124 Å². The van der Waals surface area contributed by atoms with Gasteiger partial charge >= 0.3 is 0 Å². The first-order valence-corrected chi connectivity index (χ1v) is 8.16. The van der Waals surface area contributed by atoms with E-state index in [2.05, 4.69) is 11.4 Å². The van der Waals surface area contributed by atoms with Crippen molar-refractivity contribution in [2.24, 2.45) is 5.92 Å². The zero-order valence-corrected chi connectivity index (χ0v) is 12.4. The number of benzene rings is 1. The van der Waals surface area contributed by atoms with Gasteiger partial charge < -0.3 is 5.32 Å². The minimum absolute atomic E-state index is 0.300. The van der Waals surface area contributed by atoms with E-state index in [0.29, 0.717) is 11.5 Å². The van der Waals surface area contributed by atoms with Crippen LogP contribution in [0.2, 0.25) is 0 Å². The molecule has 3 atom stereocenters. The minimum atomic E-state index is -0.300. The normalized spacial score (nSPS) is 35.0. The first-order chi connectivity index (χ1) is 9.72. The molecule has 0 spiro atoms. The van der Waals surface area contributed by atoms with E-state index in [1.165, 1.54) is 43.2 Å². The third-order valence-electron chi connectivity index (χ3n) is 5.91. The summed E-state index contributed by atoms with van der Waals surface area (Å²) in [6, 6.07) is 6.72. The van der Waals surface area contributed by atoms with Crippen molar-refractivity contribution >= 4 is 16.8 Å². The molecular weight excluding hydrogens is 270 g/mol. The van der Waals surface area contributed by atoms with E-state index in [9.17, 15) is 4.79 Å². The van der Waals surface area contributed by atoms with E-state index < -0.39 is 0 Å². The predicted octanol–water partition coefficient (Wildman–Crippen LogP) is 3.41. The van der Waals surface area contributed by atoms with Gasteiger partial charge in [-0.1, -0.05) is 25.0 Å². The van der Waals surface area contributed by atoms with Gasteiger partial charge in [-0.3, -0.25) is 4.79 Å². The molecule has 1 saturated carbocycles. The molecule has 0 radical (unpaired) electrons. The highest BCUT2D eigenvalue weighted by Crippen LogP contribution is 2.54. The molecule has 2 fully saturated rings. The molecule has 2 bridgehead atoms. The monoisotopic (exact) mass is 289 g/mol. The third kappa shape index (κ3) is 1.64. The average molecular weight is 290 g/mol. The molecule has 2 nitrogen and oxygen atoms in total. The summed E-state index contributed by atoms with van der Waals surface area (Å²) in [5, 5.41) is 3.40. The summed E-state index contributed by atoms with van der Waals surface area (Å²) < 4.78 is 0. The van der Waals surface area contributed by atoms with E-state index in [0.717, 1.165) is 24.4 Å². The summed E-state index contributed by atoms with van der Waals surface area (Å²) in [6.07, 6.45) is 7.46. The number of carbonyl (C=O) groups excluding carboxylic acids is 1. The van der Waals surface area contributed by atoms with Crippen LogP contribution in [0.4, 0.5) is 0 Å². The molecule has 1 aliphatic heterocycles. The highest BCUT2D eigenvalue weighted by molar-refractivity contribution is 6.67. The summed E-state index contributed by atoms with van der Waals surface area (Å²) in [7, 11) is 0. The van der Waals surface area contributed by atoms with Gasteiger partial charge in [0.2, 0.25) is 0 Å². The van der Waals surface area contributed by atoms with Gasteiger partial charge in [0.05, 0.1) is 0 Å². The van der Waals surface area contributed by atoms with Gasteiger partial charge in [0.15, 0.2) is 0 Å². The largest absolute Gasteiger partial charge is 0.313 e. The van der Waals surface area contributed by atoms with Crippen molar-refractivity contribution in [2.75, 3.05) is 6.54 Å². The Morgan fingerprint density at radius 3 is 3.05 bits per heavy atom. The van der Waals surface area contributed by atoms with Crippen molar-refractivity contribution in [3.63, 3.8) is 0 Å². The highest BCUT2D eigenvalue weighted by atomic mass is 35.5. The summed E-state index contributed by atoms with van der Waals surface area (Å²) in [5.41, 5.74) is 3.71. The predicted molar refractivity (Wildman–Crippen MR) is 80.4 cm³/mol. The van der Waals surface area contributed by atoms with Crippen LogP contribution in [0.3, 0.4) is 0 Å². The van der Waals surface area contributed by atoms with E-state index in [1.807, 2.05) is 12.1 Å². The lowest BCUT2D eigenvalue weighted by molar-refractivity contribution is 0.0792. The van der Waals surface area contributed by atoms with Crippen LogP contribution < -0.4 is 5.32 Å². The molecule has 1 N–H and O–H groups in total. The number of rotatable bonds is 1. The fraction of sp³-hybridized carbons (Fsp3) is 0.588. The van der Waals surface area contributed by atoms with Crippen molar-refractivity contribution in [2.45, 2.75) is 50.0 Å². The molecule has 1 aromatic carbocycles. The molecular formula is C17H20ClNO. The first kappa shape index (κ1) is 12.8. The van der Waals surface area contributed by atoms with Gasteiger partial charge in [-0.2, -0.15) is 0 Å². The number of piperidine rings is 1. The first-order valence-electron chi connectivity index (χ1n) is 7.78. The molecule has 4 rings (SSSR count). The molecule has 0 aromatic heterocycles. The molecule has 1 saturated heterocycles. The molecule has 106 valence electrons. The average Bonchev–Trinajstić information content (AvgIpc) is 2.46. The Morgan fingerprint density at radius 2 is 2.20 bits per heavy atom. The van der Waals surface area contributed by atoms with E-state index in [-0.39, 0.29) is 5.24 Å². The van der Waals surface area contributed by atoms with Gasteiger partial charge in [-0.05, 0) is 66.9 Å². The van der Waals surface area contributed by atoms with E-state index in [1.54, 1.807) is 0 Å². The van der Waals surface area contributed by atoms with Gasteiger partial charge in [0, 0.05) is 17.0 Å². The van der Waals surface area contributed by atoms with Crippen molar-refractivity contribution < 1.29 is 4.79 Å². The van der Waals surface area contributed by atoms with Crippen LogP contribution in [0.15, 0.2) is 18.2 Å². The van der Waals surface area contributed by atoms with Crippen LogP contribution in [-0.4, -0.2) is 17.8 Å². The minimum Gasteiger partial charge on any atom is -0.313 e. The SMILES string of the molecule is O=C(Cl)c1cccc2c1C[C@H]1NCC[C@@]23CCCC[C@@H]13. The molecule has 1 aromatic rings. The zero-order valence-electron chi connectivity index (χ0n) is 11.6. The lowest BCUT2D eigenvalue weighted by Crippen LogP contribution is -2.59. The lowest BCUT2D eigenvalue weighted by atomic mass is 9.52. The number of fused-ring (bicyclic) bond motifs is 1. The fourth-order valence-corrected chi connectivity index (χ4v) is 5.32. The maximum Gasteiger partial charge on any atom is 0.252 e. The number of nitrogens with one attached hydrogen (secondary N) is 1. The van der Waals surface area contributed by atoms with Crippen LogP contribution in [0, 0.1) is 5.92 Å². The molecule has 0 unspecified atom stereocenters. The summed E-state index contributed by atoms with van der Waals surface area (Å²) in [4.78, 5) is 11.7. The fourth-order valence-electron chi connectivity index (χ4n) is 5.15. The summed E-state index contributed by atoms with van der Waals surface area (Å²) in [5.74, 6) is 0.748. The molecule has 1 heterocycles. The van der Waals surface area contributed by atoms with Crippen LogP contribution in [0.25, 0.3) is 0 Å². The summed E-state index contributed by atoms with van der Waals surface area (Å²) >= 11 is 5.81. The smallest absolute Gasteiger partial charge is 0.252 e. The van der Waals surface area contributed by atoms with Crippen LogP contribution in [0.5, 0.6) is 0 Å². The van der Waals surface area contributed by atoms with Gasteiger partial charge in [0.25, 0.3) is 5.24 Å². The number of carbonyl (C=O) groups is 1. The number of halogens is 1. The second-order valence-corrected chi connectivity index (χ2v) is 6.97. The standard InChI is InChI=1S/C17H20ClNO/c18-16(20)11-4-3-6-13-12(11)10-15-14-5-1-2-7-17(13,14)8-9-19-15/h3-4,6,14-15,19H,1-2,5,7-10H2/t14-,15+,17-/m0/s1. The molecule has 3 heteroatoms. The van der Waals surface area contributed by atoms with Crippen LogP contribution in [0.1, 0.15) is 53.6 Å². The van der Waals surface area contributed by atoms with Gasteiger partial charge in [-0.25, -0.2) is 0 Å². The Morgan fingerprint density at radius 1 is 1.30 bits per heavy atom. The Balaban J connectivity index is 1.93. The van der Waals surface area contributed by atoms with E-state index in [4.69, 9.17) is 11.6 Å². The molecule has 20 heavy (non-hydrogen) atoms. The maximum atomic E-state index is 11.7. The van der Waals surface area contributed by atoms with Gasteiger partial charge in [0.1, 0.15) is 0 Å². The quantitative estimate of drug-likeness (QED) is 0.803. The number of hydrogen-bond donors (Lipinski definition) is 1. The Hall–Kier alpha value is -0.860. The highest BCUT2D eigenvalue weighted by Gasteiger charge is 2.51. The second-order valence-electron chi connectivity index (χ2n) is 6.63. The van der Waals surface area contributed by atoms with Crippen molar-refractivity contribution in [1.82, 2.24) is 5.32 Å². The summed E-state index contributed by atoms with van der Waals surface area (Å²) in [6.45, 7) is 1.11. The van der Waals surface area contributed by atoms with E-state index >= 15 is 0 Å². The Bertz CT molecular complexity index is 566. The second kappa shape index (κ2) is 4.57. The molecule has 0 amide bonds. The van der Waals surface area contributed by atoms with Gasteiger partial charge in [-0.15, -0.1) is 0 Å².